The van der Waals surface area contributed by atoms with Gasteiger partial charge in [-0.25, -0.2) is 4.98 Å². The number of hydrogen-bond acceptors (Lipinski definition) is 2. The van der Waals surface area contributed by atoms with Crippen molar-refractivity contribution in [3.05, 3.63) is 58.8 Å². The largest absolute Gasteiger partial charge is 0.497 e. The fraction of sp³-hybridized carbons (Fsp3) is 0.133. The van der Waals surface area contributed by atoms with E-state index in [1.807, 2.05) is 30.6 Å². The first-order chi connectivity index (χ1) is 9.26. The average Bonchev–Trinajstić information content (AvgIpc) is 2.82. The summed E-state index contributed by atoms with van der Waals surface area (Å²) < 4.78 is 8.36. The highest BCUT2D eigenvalue weighted by molar-refractivity contribution is 9.10. The summed E-state index contributed by atoms with van der Waals surface area (Å²) in [5.74, 6) is 0.878. The van der Waals surface area contributed by atoms with Gasteiger partial charge in [0.2, 0.25) is 0 Å². The zero-order valence-electron chi connectivity index (χ0n) is 10.5. The minimum Gasteiger partial charge on any atom is -0.497 e. The number of methoxy groups -OCH3 is 1. The summed E-state index contributed by atoms with van der Waals surface area (Å²) in [7, 11) is 1.68. The van der Waals surface area contributed by atoms with Crippen molar-refractivity contribution < 1.29 is 4.74 Å². The van der Waals surface area contributed by atoms with Gasteiger partial charge in [0.15, 0.2) is 0 Å². The molecule has 96 valence electrons. The summed E-state index contributed by atoms with van der Waals surface area (Å²) in [6.07, 6.45) is 1.88. The molecule has 2 aromatic carbocycles. The van der Waals surface area contributed by atoms with E-state index in [-0.39, 0.29) is 0 Å². The number of ether oxygens (including phenoxy) is 1. The smallest absolute Gasteiger partial charge is 0.118 e. The molecule has 0 fully saturated rings. The zero-order valence-corrected chi connectivity index (χ0v) is 12.1. The van der Waals surface area contributed by atoms with Gasteiger partial charge < -0.3 is 9.30 Å². The summed E-state index contributed by atoms with van der Waals surface area (Å²) in [4.78, 5) is 4.42. The van der Waals surface area contributed by atoms with Crippen LogP contribution in [0.15, 0.2) is 53.3 Å². The first-order valence-electron chi connectivity index (χ1n) is 5.99. The quantitative estimate of drug-likeness (QED) is 0.733. The van der Waals surface area contributed by atoms with Crippen molar-refractivity contribution in [3.8, 4) is 5.75 Å². The molecule has 4 heteroatoms. The Morgan fingerprint density at radius 3 is 2.68 bits per heavy atom. The normalized spacial score (nSPS) is 10.8. The van der Waals surface area contributed by atoms with E-state index >= 15 is 0 Å². The topological polar surface area (TPSA) is 27.1 Å². The van der Waals surface area contributed by atoms with Gasteiger partial charge in [0, 0.05) is 11.0 Å². The number of hydrogen-bond donors (Lipinski definition) is 0. The SMILES string of the molecule is COc1ccc(Cn2cnc3cc(Br)ccc32)cc1. The first-order valence-corrected chi connectivity index (χ1v) is 6.79. The summed E-state index contributed by atoms with van der Waals surface area (Å²) in [5.41, 5.74) is 3.37. The Morgan fingerprint density at radius 2 is 1.95 bits per heavy atom. The van der Waals surface area contributed by atoms with E-state index in [1.54, 1.807) is 7.11 Å². The fourth-order valence-corrected chi connectivity index (χ4v) is 2.44. The second kappa shape index (κ2) is 5.05. The summed E-state index contributed by atoms with van der Waals surface area (Å²) in [5, 5.41) is 0. The number of aromatic nitrogens is 2. The molecular formula is C15H13BrN2O. The van der Waals surface area contributed by atoms with E-state index in [9.17, 15) is 0 Å². The molecule has 19 heavy (non-hydrogen) atoms. The number of rotatable bonds is 3. The molecule has 0 bridgehead atoms. The van der Waals surface area contributed by atoms with Crippen LogP contribution in [0, 0.1) is 0 Å². The van der Waals surface area contributed by atoms with E-state index in [4.69, 9.17) is 4.74 Å². The molecule has 0 aliphatic carbocycles. The third-order valence-corrected chi connectivity index (χ3v) is 3.59. The average molecular weight is 317 g/mol. The predicted molar refractivity (Wildman–Crippen MR) is 79.5 cm³/mol. The van der Waals surface area contributed by atoms with E-state index in [0.29, 0.717) is 0 Å². The Balaban J connectivity index is 1.92. The molecule has 0 saturated carbocycles. The van der Waals surface area contributed by atoms with Gasteiger partial charge in [0.25, 0.3) is 0 Å². The standard InChI is InChI=1S/C15H13BrN2O/c1-19-13-5-2-11(3-6-13)9-18-10-17-14-8-12(16)4-7-15(14)18/h2-8,10H,9H2,1H3. The highest BCUT2D eigenvalue weighted by Gasteiger charge is 2.03. The van der Waals surface area contributed by atoms with E-state index in [1.165, 1.54) is 5.56 Å². The molecule has 3 rings (SSSR count). The Kier molecular flexibility index (Phi) is 3.25. The Labute approximate surface area is 120 Å². The molecule has 1 aromatic heterocycles. The molecule has 3 nitrogen and oxygen atoms in total. The molecule has 1 heterocycles. The maximum absolute atomic E-state index is 5.16. The second-order valence-electron chi connectivity index (χ2n) is 4.35. The van der Waals surface area contributed by atoms with Crippen molar-refractivity contribution in [3.63, 3.8) is 0 Å². The number of benzene rings is 2. The van der Waals surface area contributed by atoms with Gasteiger partial charge in [-0.3, -0.25) is 0 Å². The van der Waals surface area contributed by atoms with Gasteiger partial charge in [-0.1, -0.05) is 28.1 Å². The lowest BCUT2D eigenvalue weighted by Gasteiger charge is -2.06. The number of nitrogens with zero attached hydrogens (tertiary/aromatic N) is 2. The lowest BCUT2D eigenvalue weighted by molar-refractivity contribution is 0.414. The Hall–Kier alpha value is -1.81. The van der Waals surface area contributed by atoms with Crippen molar-refractivity contribution in [2.75, 3.05) is 7.11 Å². The lowest BCUT2D eigenvalue weighted by Crippen LogP contribution is -1.97. The second-order valence-corrected chi connectivity index (χ2v) is 5.27. The molecule has 0 spiro atoms. The van der Waals surface area contributed by atoms with Crippen molar-refractivity contribution in [2.45, 2.75) is 6.54 Å². The molecule has 0 N–H and O–H groups in total. The van der Waals surface area contributed by atoms with Gasteiger partial charge in [-0.05, 0) is 35.9 Å². The van der Waals surface area contributed by atoms with Gasteiger partial charge in [-0.2, -0.15) is 0 Å². The minimum atomic E-state index is 0.808. The third kappa shape index (κ3) is 2.49. The number of imidazole rings is 1. The van der Waals surface area contributed by atoms with Crippen LogP contribution in [0.4, 0.5) is 0 Å². The molecule has 0 amide bonds. The molecular weight excluding hydrogens is 304 g/mol. The van der Waals surface area contributed by atoms with Gasteiger partial charge >= 0.3 is 0 Å². The summed E-state index contributed by atoms with van der Waals surface area (Å²) >= 11 is 3.46. The maximum Gasteiger partial charge on any atom is 0.118 e. The molecule has 3 aromatic rings. The molecule has 0 aliphatic heterocycles. The van der Waals surface area contributed by atoms with Crippen LogP contribution in [0.25, 0.3) is 11.0 Å². The monoisotopic (exact) mass is 316 g/mol. The Bertz CT molecular complexity index is 704. The van der Waals surface area contributed by atoms with Crippen molar-refractivity contribution in [2.24, 2.45) is 0 Å². The Morgan fingerprint density at radius 1 is 1.16 bits per heavy atom. The molecule has 0 radical (unpaired) electrons. The van der Waals surface area contributed by atoms with E-state index in [2.05, 4.69) is 43.7 Å². The van der Waals surface area contributed by atoms with Crippen molar-refractivity contribution in [1.29, 1.82) is 0 Å². The first kappa shape index (κ1) is 12.2. The zero-order chi connectivity index (χ0) is 13.2. The minimum absolute atomic E-state index is 0.808. The predicted octanol–water partition coefficient (Wildman–Crippen LogP) is 3.86. The number of halogens is 1. The fourth-order valence-electron chi connectivity index (χ4n) is 2.09. The van der Waals surface area contributed by atoms with Crippen LogP contribution in [0.2, 0.25) is 0 Å². The van der Waals surface area contributed by atoms with Gasteiger partial charge in [-0.15, -0.1) is 0 Å². The van der Waals surface area contributed by atoms with Crippen LogP contribution < -0.4 is 4.74 Å². The molecule has 0 unspecified atom stereocenters. The molecule has 0 saturated heterocycles. The van der Waals surface area contributed by atoms with Gasteiger partial charge in [0.1, 0.15) is 5.75 Å². The van der Waals surface area contributed by atoms with Crippen molar-refractivity contribution >= 4 is 27.0 Å². The van der Waals surface area contributed by atoms with Crippen LogP contribution in [-0.4, -0.2) is 16.7 Å². The van der Waals surface area contributed by atoms with E-state index < -0.39 is 0 Å². The van der Waals surface area contributed by atoms with Crippen LogP contribution in [0.1, 0.15) is 5.56 Å². The molecule has 0 aliphatic rings. The van der Waals surface area contributed by atoms with Crippen LogP contribution in [0.5, 0.6) is 5.75 Å². The van der Waals surface area contributed by atoms with Gasteiger partial charge in [0.05, 0.1) is 24.5 Å². The van der Waals surface area contributed by atoms with Crippen molar-refractivity contribution in [1.82, 2.24) is 9.55 Å². The van der Waals surface area contributed by atoms with Crippen LogP contribution in [-0.2, 0) is 6.54 Å². The summed E-state index contributed by atoms with van der Waals surface area (Å²) in [6, 6.07) is 14.2. The maximum atomic E-state index is 5.16. The van der Waals surface area contributed by atoms with Crippen LogP contribution >= 0.6 is 15.9 Å². The lowest BCUT2D eigenvalue weighted by atomic mass is 10.2. The molecule has 0 atom stereocenters. The summed E-state index contributed by atoms with van der Waals surface area (Å²) in [6.45, 7) is 0.808. The van der Waals surface area contributed by atoms with E-state index in [0.717, 1.165) is 27.8 Å². The number of fused-ring (bicyclic) bond motifs is 1. The highest BCUT2D eigenvalue weighted by Crippen LogP contribution is 2.20. The van der Waals surface area contributed by atoms with Crippen LogP contribution in [0.3, 0.4) is 0 Å². The highest BCUT2D eigenvalue weighted by atomic mass is 79.9. The third-order valence-electron chi connectivity index (χ3n) is 3.10.